The number of halogens is 3. The minimum Gasteiger partial charge on any atom is -0.324 e. The quantitative estimate of drug-likeness (QED) is 0.819. The van der Waals surface area contributed by atoms with Crippen LogP contribution in [0.3, 0.4) is 0 Å². The van der Waals surface area contributed by atoms with Crippen LogP contribution in [0, 0.1) is 5.92 Å². The fourth-order valence-corrected chi connectivity index (χ4v) is 3.35. The van der Waals surface area contributed by atoms with Crippen molar-refractivity contribution in [2.24, 2.45) is 5.92 Å². The predicted octanol–water partition coefficient (Wildman–Crippen LogP) is 4.04. The highest BCUT2D eigenvalue weighted by Crippen LogP contribution is 2.30. The van der Waals surface area contributed by atoms with E-state index in [9.17, 15) is 22.8 Å². The number of anilines is 2. The van der Waals surface area contributed by atoms with E-state index in [1.807, 2.05) is 0 Å². The van der Waals surface area contributed by atoms with Gasteiger partial charge in [-0.25, -0.2) is 9.78 Å². The number of hydrogen-bond donors (Lipinski definition) is 2. The maximum absolute atomic E-state index is 12.7. The van der Waals surface area contributed by atoms with Crippen molar-refractivity contribution in [3.63, 3.8) is 0 Å². The molecule has 1 aliphatic rings. The van der Waals surface area contributed by atoms with E-state index in [-0.39, 0.29) is 17.5 Å². The summed E-state index contributed by atoms with van der Waals surface area (Å²) in [6.07, 6.45) is -1.91. The van der Waals surface area contributed by atoms with Crippen molar-refractivity contribution in [2.75, 3.05) is 23.7 Å². The van der Waals surface area contributed by atoms with Gasteiger partial charge < -0.3 is 15.5 Å². The Kier molecular flexibility index (Phi) is 5.64. The zero-order chi connectivity index (χ0) is 19.4. The van der Waals surface area contributed by atoms with Crippen molar-refractivity contribution in [1.29, 1.82) is 0 Å². The summed E-state index contributed by atoms with van der Waals surface area (Å²) < 4.78 is 38.2. The number of nitrogens with zero attached hydrogens (tertiary/aromatic N) is 2. The first-order valence-corrected chi connectivity index (χ1v) is 9.14. The second-order valence-electron chi connectivity index (χ2n) is 6.10. The fraction of sp³-hybridized carbons (Fsp3) is 0.353. The molecule has 0 spiro atoms. The molecular formula is C17H17F3N4O2S. The Morgan fingerprint density at radius 3 is 2.56 bits per heavy atom. The highest BCUT2D eigenvalue weighted by atomic mass is 32.1. The molecule has 0 atom stereocenters. The van der Waals surface area contributed by atoms with Gasteiger partial charge in [0.1, 0.15) is 0 Å². The Morgan fingerprint density at radius 2 is 1.93 bits per heavy atom. The van der Waals surface area contributed by atoms with E-state index >= 15 is 0 Å². The fourth-order valence-electron chi connectivity index (χ4n) is 2.81. The first-order chi connectivity index (χ1) is 12.8. The van der Waals surface area contributed by atoms with Gasteiger partial charge >= 0.3 is 12.2 Å². The summed E-state index contributed by atoms with van der Waals surface area (Å²) in [6.45, 7) is 0.696. The lowest BCUT2D eigenvalue weighted by Crippen LogP contribution is -2.43. The number of carbonyl (C=O) groups is 2. The number of rotatable bonds is 3. The molecule has 0 bridgehead atoms. The number of amides is 3. The highest BCUT2D eigenvalue weighted by molar-refractivity contribution is 7.13. The molecule has 1 saturated heterocycles. The number of carbonyl (C=O) groups excluding carboxylic acids is 2. The first-order valence-electron chi connectivity index (χ1n) is 8.26. The van der Waals surface area contributed by atoms with Gasteiger partial charge in [-0.2, -0.15) is 13.2 Å². The molecule has 0 radical (unpaired) electrons. The van der Waals surface area contributed by atoms with E-state index in [1.165, 1.54) is 28.4 Å². The van der Waals surface area contributed by atoms with E-state index in [0.717, 1.165) is 12.1 Å². The Bertz CT molecular complexity index is 803. The van der Waals surface area contributed by atoms with Crippen LogP contribution in [0.2, 0.25) is 0 Å². The summed E-state index contributed by atoms with van der Waals surface area (Å²) >= 11 is 1.33. The minimum absolute atomic E-state index is 0.0819. The molecule has 144 valence electrons. The van der Waals surface area contributed by atoms with E-state index in [1.54, 1.807) is 11.6 Å². The molecule has 0 unspecified atom stereocenters. The smallest absolute Gasteiger partial charge is 0.324 e. The van der Waals surface area contributed by atoms with Gasteiger partial charge in [-0.3, -0.25) is 4.79 Å². The van der Waals surface area contributed by atoms with Crippen molar-refractivity contribution >= 4 is 34.1 Å². The SMILES string of the molecule is O=C(Nc1nccs1)C1CCN(C(=O)Nc2cccc(C(F)(F)F)c2)CC1. The molecule has 0 saturated carbocycles. The van der Waals surface area contributed by atoms with E-state index in [4.69, 9.17) is 0 Å². The third-order valence-electron chi connectivity index (χ3n) is 4.26. The monoisotopic (exact) mass is 398 g/mol. The molecule has 2 aromatic rings. The van der Waals surface area contributed by atoms with Gasteiger partial charge in [0.05, 0.1) is 5.56 Å². The van der Waals surface area contributed by atoms with E-state index < -0.39 is 17.8 Å². The van der Waals surface area contributed by atoms with Gasteiger partial charge in [-0.05, 0) is 31.0 Å². The summed E-state index contributed by atoms with van der Waals surface area (Å²) in [5.41, 5.74) is -0.740. The van der Waals surface area contributed by atoms with Crippen LogP contribution in [0.25, 0.3) is 0 Å². The number of hydrogen-bond acceptors (Lipinski definition) is 4. The molecule has 0 aliphatic carbocycles. The summed E-state index contributed by atoms with van der Waals surface area (Å²) in [5, 5.41) is 7.51. The zero-order valence-electron chi connectivity index (χ0n) is 14.1. The van der Waals surface area contributed by atoms with Crippen LogP contribution in [0.5, 0.6) is 0 Å². The lowest BCUT2D eigenvalue weighted by molar-refractivity contribution is -0.137. The van der Waals surface area contributed by atoms with Crippen molar-refractivity contribution < 1.29 is 22.8 Å². The number of urea groups is 1. The second kappa shape index (κ2) is 7.95. The molecule has 3 rings (SSSR count). The van der Waals surface area contributed by atoms with Crippen molar-refractivity contribution in [3.05, 3.63) is 41.4 Å². The van der Waals surface area contributed by atoms with Crippen LogP contribution in [0.1, 0.15) is 18.4 Å². The Morgan fingerprint density at radius 1 is 1.19 bits per heavy atom. The second-order valence-corrected chi connectivity index (χ2v) is 6.99. The van der Waals surface area contributed by atoms with Gasteiger partial charge in [-0.15, -0.1) is 11.3 Å². The normalized spacial score (nSPS) is 15.4. The number of nitrogens with one attached hydrogen (secondary N) is 2. The number of thiazole rings is 1. The van der Waals surface area contributed by atoms with Crippen LogP contribution < -0.4 is 10.6 Å². The maximum atomic E-state index is 12.7. The third kappa shape index (κ3) is 4.97. The Balaban J connectivity index is 1.52. The molecule has 3 amide bonds. The average molecular weight is 398 g/mol. The number of piperidine rings is 1. The van der Waals surface area contributed by atoms with Crippen molar-refractivity contribution in [1.82, 2.24) is 9.88 Å². The van der Waals surface area contributed by atoms with E-state index in [0.29, 0.717) is 31.1 Å². The van der Waals surface area contributed by atoms with Crippen molar-refractivity contribution in [2.45, 2.75) is 19.0 Å². The molecule has 27 heavy (non-hydrogen) atoms. The topological polar surface area (TPSA) is 74.3 Å². The predicted molar refractivity (Wildman–Crippen MR) is 95.5 cm³/mol. The van der Waals surface area contributed by atoms with Crippen LogP contribution in [-0.2, 0) is 11.0 Å². The highest BCUT2D eigenvalue weighted by Gasteiger charge is 2.31. The number of benzene rings is 1. The van der Waals surface area contributed by atoms with Gasteiger partial charge in [0.25, 0.3) is 0 Å². The largest absolute Gasteiger partial charge is 0.416 e. The van der Waals surface area contributed by atoms with Gasteiger partial charge in [0, 0.05) is 36.3 Å². The summed E-state index contributed by atoms with van der Waals surface area (Å²) in [4.78, 5) is 30.0. The minimum atomic E-state index is -4.47. The molecule has 1 fully saturated rings. The van der Waals surface area contributed by atoms with Crippen molar-refractivity contribution in [3.8, 4) is 0 Å². The standard InChI is InChI=1S/C17H17F3N4O2S/c18-17(19,20)12-2-1-3-13(10-12)22-16(26)24-7-4-11(5-8-24)14(25)23-15-21-6-9-27-15/h1-3,6,9-11H,4-5,7-8H2,(H,22,26)(H,21,23,25). The van der Waals surface area contributed by atoms with Crippen LogP contribution in [0.15, 0.2) is 35.8 Å². The summed E-state index contributed by atoms with van der Waals surface area (Å²) in [6, 6.07) is 4.01. The Hall–Kier alpha value is -2.62. The van der Waals surface area contributed by atoms with Crippen LogP contribution >= 0.6 is 11.3 Å². The summed E-state index contributed by atoms with van der Waals surface area (Å²) in [5.74, 6) is -0.366. The molecule has 1 aliphatic heterocycles. The first kappa shape index (κ1) is 19.2. The maximum Gasteiger partial charge on any atom is 0.416 e. The average Bonchev–Trinajstić information content (AvgIpc) is 3.14. The molecule has 2 N–H and O–H groups in total. The number of likely N-dealkylation sites (tertiary alicyclic amines) is 1. The third-order valence-corrected chi connectivity index (χ3v) is 4.95. The molecule has 6 nitrogen and oxygen atoms in total. The van der Waals surface area contributed by atoms with Gasteiger partial charge in [-0.1, -0.05) is 6.07 Å². The Labute approximate surface area is 157 Å². The van der Waals surface area contributed by atoms with Gasteiger partial charge in [0.15, 0.2) is 5.13 Å². The molecule has 1 aromatic carbocycles. The van der Waals surface area contributed by atoms with E-state index in [2.05, 4.69) is 15.6 Å². The van der Waals surface area contributed by atoms with Crippen LogP contribution in [-0.4, -0.2) is 34.9 Å². The van der Waals surface area contributed by atoms with Gasteiger partial charge in [0.2, 0.25) is 5.91 Å². The molecule has 10 heteroatoms. The molecular weight excluding hydrogens is 381 g/mol. The zero-order valence-corrected chi connectivity index (χ0v) is 14.9. The number of aromatic nitrogens is 1. The molecule has 1 aromatic heterocycles. The molecule has 2 heterocycles. The number of alkyl halides is 3. The summed E-state index contributed by atoms with van der Waals surface area (Å²) in [7, 11) is 0. The lowest BCUT2D eigenvalue weighted by atomic mass is 9.96. The van der Waals surface area contributed by atoms with Crippen LogP contribution in [0.4, 0.5) is 28.8 Å². The lowest BCUT2D eigenvalue weighted by Gasteiger charge is -2.31.